The summed E-state index contributed by atoms with van der Waals surface area (Å²) in [6.07, 6.45) is 8.79. The fraction of sp³-hybridized carbons (Fsp3) is 0.533. The van der Waals surface area contributed by atoms with E-state index < -0.39 is 41.1 Å². The van der Waals surface area contributed by atoms with Gasteiger partial charge in [0.15, 0.2) is 11.6 Å². The van der Waals surface area contributed by atoms with E-state index in [4.69, 9.17) is 39.8 Å². The summed E-state index contributed by atoms with van der Waals surface area (Å²) in [5, 5.41) is 6.34. The van der Waals surface area contributed by atoms with Crippen molar-refractivity contribution >= 4 is 39.7 Å². The van der Waals surface area contributed by atoms with Gasteiger partial charge in [-0.2, -0.15) is 9.97 Å². The molecule has 0 unspecified atom stereocenters. The van der Waals surface area contributed by atoms with E-state index in [1.807, 2.05) is 0 Å². The number of aromatic nitrogens is 3. The van der Waals surface area contributed by atoms with Crippen molar-refractivity contribution in [3.63, 3.8) is 0 Å². The number of nitrogens with zero attached hydrogens (tertiary/aromatic N) is 6. The molecule has 1 N–H and O–H groups in total. The average Bonchev–Trinajstić information content (AvgIpc) is 3.65. The largest absolute Gasteiger partial charge is 0.461 e. The SMILES string of the molecule is C#Cc1c(F)ccc2cc(OC(=O)NCCOCCOCCOC)cc(-c3ncc4c(N5CCCCCN5C(=O)OC(C)(C)C)nc(OC[C@@]56CCCN5C[C@H](F)C6)nc4c3F)c12. The first-order valence-corrected chi connectivity index (χ1v) is 21.3. The number of carbonyl (C=O) groups is 2. The van der Waals surface area contributed by atoms with E-state index in [1.54, 1.807) is 32.9 Å². The van der Waals surface area contributed by atoms with Crippen LogP contribution in [0.1, 0.15) is 64.9 Å². The average molecular weight is 878 g/mol. The Morgan fingerprint density at radius 3 is 2.56 bits per heavy atom. The molecule has 0 bridgehead atoms. The van der Waals surface area contributed by atoms with Crippen molar-refractivity contribution in [2.75, 3.05) is 84.5 Å². The van der Waals surface area contributed by atoms with Crippen molar-refractivity contribution in [2.24, 2.45) is 0 Å². The molecule has 2 amide bonds. The smallest absolute Gasteiger partial charge is 0.429 e. The maximum absolute atomic E-state index is 17.6. The topological polar surface area (TPSA) is 150 Å². The maximum Gasteiger partial charge on any atom is 0.429 e. The maximum atomic E-state index is 17.6. The normalized spacial score (nSPS) is 19.2. The van der Waals surface area contributed by atoms with Crippen LogP contribution in [-0.4, -0.2) is 134 Å². The van der Waals surface area contributed by atoms with Crippen LogP contribution in [0, 0.1) is 24.0 Å². The molecule has 4 aromatic rings. The molecule has 7 rings (SSSR count). The standard InChI is InChI=1S/C45H54F3N7O8/c1-6-32-35(47)12-11-29-23-31(62-42(56)49-14-18-59-21-22-60-20-19-58-5)24-33(36(29)32)38-37(48)39-34(26-50-38)40(54-16-8-7-9-17-55(54)43(57)63-44(2,3)4)52-41(51-39)61-28-45-13-10-15-53(45)27-30(46)25-45/h1,11-12,23-24,26,30H,7-10,13-22,25,27-28H2,2-5H3,(H,49,56)/t30-,45+/m1/s1. The van der Waals surface area contributed by atoms with Crippen molar-refractivity contribution in [1.29, 1.82) is 0 Å². The molecule has 3 aliphatic heterocycles. The van der Waals surface area contributed by atoms with Crippen LogP contribution >= 0.6 is 0 Å². The minimum absolute atomic E-state index is 0.00795. The molecule has 0 aliphatic carbocycles. The highest BCUT2D eigenvalue weighted by molar-refractivity contribution is 6.03. The molecule has 15 nitrogen and oxygen atoms in total. The van der Waals surface area contributed by atoms with E-state index in [-0.39, 0.29) is 76.9 Å². The zero-order valence-corrected chi connectivity index (χ0v) is 36.1. The number of benzene rings is 2. The number of hydrogen-bond donors (Lipinski definition) is 1. The highest BCUT2D eigenvalue weighted by Crippen LogP contribution is 2.42. The molecule has 18 heteroatoms. The number of hydrazine groups is 1. The summed E-state index contributed by atoms with van der Waals surface area (Å²) in [5.74, 6) is 0.850. The second-order valence-electron chi connectivity index (χ2n) is 16.8. The number of ether oxygens (including phenoxy) is 6. The molecule has 63 heavy (non-hydrogen) atoms. The van der Waals surface area contributed by atoms with Gasteiger partial charge in [-0.15, -0.1) is 6.42 Å². The molecule has 5 heterocycles. The summed E-state index contributed by atoms with van der Waals surface area (Å²) in [4.78, 5) is 42.7. The van der Waals surface area contributed by atoms with E-state index >= 15 is 8.78 Å². The van der Waals surface area contributed by atoms with Gasteiger partial charge in [-0.25, -0.2) is 27.8 Å². The number of rotatable bonds is 15. The van der Waals surface area contributed by atoms with Crippen molar-refractivity contribution in [3.05, 3.63) is 47.7 Å². The lowest BCUT2D eigenvalue weighted by atomic mass is 9.95. The van der Waals surface area contributed by atoms with Gasteiger partial charge in [-0.1, -0.05) is 12.0 Å². The van der Waals surface area contributed by atoms with Crippen molar-refractivity contribution < 1.29 is 51.2 Å². The predicted molar refractivity (Wildman–Crippen MR) is 228 cm³/mol. The molecule has 3 aliphatic rings. The summed E-state index contributed by atoms with van der Waals surface area (Å²) in [5.41, 5.74) is -2.02. The van der Waals surface area contributed by atoms with E-state index in [1.165, 1.54) is 35.5 Å². The molecule has 2 aromatic heterocycles. The van der Waals surface area contributed by atoms with Gasteiger partial charge in [-0.3, -0.25) is 14.9 Å². The zero-order valence-electron chi connectivity index (χ0n) is 36.1. The number of halogens is 3. The number of amides is 2. The molecule has 0 saturated carbocycles. The Morgan fingerprint density at radius 1 is 1.00 bits per heavy atom. The minimum atomic E-state index is -1.01. The molecular weight excluding hydrogens is 824 g/mol. The van der Waals surface area contributed by atoms with Gasteiger partial charge in [0.1, 0.15) is 41.2 Å². The molecular formula is C45H54F3N7O8. The Balaban J connectivity index is 1.27. The van der Waals surface area contributed by atoms with Crippen LogP contribution in [0.15, 0.2) is 30.5 Å². The molecule has 3 fully saturated rings. The molecule has 2 atom stereocenters. The Morgan fingerprint density at radius 2 is 1.78 bits per heavy atom. The summed E-state index contributed by atoms with van der Waals surface area (Å²) in [6, 6.07) is 5.26. The van der Waals surface area contributed by atoms with Crippen LogP contribution in [-0.2, 0) is 18.9 Å². The van der Waals surface area contributed by atoms with Crippen LogP contribution in [0.2, 0.25) is 0 Å². The number of nitrogens with one attached hydrogen (secondary N) is 1. The third-order valence-corrected chi connectivity index (χ3v) is 11.2. The van der Waals surface area contributed by atoms with E-state index in [0.29, 0.717) is 70.7 Å². The lowest BCUT2D eigenvalue weighted by Crippen LogP contribution is -2.49. The van der Waals surface area contributed by atoms with E-state index in [2.05, 4.69) is 26.1 Å². The highest BCUT2D eigenvalue weighted by atomic mass is 19.1. The van der Waals surface area contributed by atoms with Gasteiger partial charge in [0, 0.05) is 56.9 Å². The third-order valence-electron chi connectivity index (χ3n) is 11.2. The van der Waals surface area contributed by atoms with Gasteiger partial charge in [-0.05, 0) is 83.0 Å². The first kappa shape index (κ1) is 45.5. The van der Waals surface area contributed by atoms with Crippen molar-refractivity contribution in [3.8, 4) is 35.4 Å². The Labute approximate surface area is 364 Å². The van der Waals surface area contributed by atoms with Crippen molar-refractivity contribution in [2.45, 2.75) is 76.6 Å². The summed E-state index contributed by atoms with van der Waals surface area (Å²) >= 11 is 0. The van der Waals surface area contributed by atoms with Crippen LogP contribution in [0.25, 0.3) is 32.9 Å². The van der Waals surface area contributed by atoms with Crippen LogP contribution in [0.4, 0.5) is 28.6 Å². The molecule has 3 saturated heterocycles. The minimum Gasteiger partial charge on any atom is -0.461 e. The fourth-order valence-electron chi connectivity index (χ4n) is 8.42. The number of carbonyl (C=O) groups excluding carboxylic acids is 2. The molecule has 0 spiro atoms. The first-order chi connectivity index (χ1) is 30.3. The summed E-state index contributed by atoms with van der Waals surface area (Å²) in [6.45, 7) is 8.88. The predicted octanol–water partition coefficient (Wildman–Crippen LogP) is 6.97. The van der Waals surface area contributed by atoms with Gasteiger partial charge >= 0.3 is 18.2 Å². The monoisotopic (exact) mass is 877 g/mol. The van der Waals surface area contributed by atoms with E-state index in [9.17, 15) is 14.0 Å². The Kier molecular flexibility index (Phi) is 14.4. The second-order valence-corrected chi connectivity index (χ2v) is 16.8. The Bertz CT molecular complexity index is 2340. The number of methoxy groups -OCH3 is 1. The molecule has 2 aromatic carbocycles. The van der Waals surface area contributed by atoms with Gasteiger partial charge in [0.05, 0.1) is 49.5 Å². The van der Waals surface area contributed by atoms with E-state index in [0.717, 1.165) is 19.4 Å². The Hall–Kier alpha value is -5.48. The number of hydrogen-bond acceptors (Lipinski definition) is 13. The molecule has 0 radical (unpaired) electrons. The third kappa shape index (κ3) is 10.5. The highest BCUT2D eigenvalue weighted by Gasteiger charge is 2.49. The van der Waals surface area contributed by atoms with Gasteiger partial charge < -0.3 is 33.7 Å². The number of alkyl halides is 1. The molecule has 338 valence electrons. The lowest BCUT2D eigenvalue weighted by molar-refractivity contribution is 0.0232. The number of anilines is 1. The van der Waals surface area contributed by atoms with Crippen LogP contribution in [0.5, 0.6) is 11.8 Å². The summed E-state index contributed by atoms with van der Waals surface area (Å²) < 4.78 is 81.3. The second kappa shape index (κ2) is 19.9. The van der Waals surface area contributed by atoms with Crippen LogP contribution in [0.3, 0.4) is 0 Å². The number of fused-ring (bicyclic) bond motifs is 3. The first-order valence-electron chi connectivity index (χ1n) is 21.3. The lowest BCUT2D eigenvalue weighted by Gasteiger charge is -2.36. The van der Waals surface area contributed by atoms with Gasteiger partial charge in [0.2, 0.25) is 0 Å². The van der Waals surface area contributed by atoms with Crippen LogP contribution < -0.4 is 19.8 Å². The summed E-state index contributed by atoms with van der Waals surface area (Å²) in [7, 11) is 1.58. The van der Waals surface area contributed by atoms with Gasteiger partial charge in [0.25, 0.3) is 0 Å². The number of terminal acetylenes is 1. The quantitative estimate of drug-likeness (QED) is 0.0969. The van der Waals surface area contributed by atoms with Crippen molar-refractivity contribution in [1.82, 2.24) is 30.2 Å². The number of pyridine rings is 1. The zero-order chi connectivity index (χ0) is 44.7. The fourth-order valence-corrected chi connectivity index (χ4v) is 8.42.